The van der Waals surface area contributed by atoms with Gasteiger partial charge in [0.25, 0.3) is 0 Å². The van der Waals surface area contributed by atoms with Crippen LogP contribution in [-0.2, 0) is 6.42 Å². The minimum absolute atomic E-state index is 0.301. The van der Waals surface area contributed by atoms with Crippen molar-refractivity contribution in [1.29, 1.82) is 0 Å². The van der Waals surface area contributed by atoms with Crippen LogP contribution in [0.1, 0.15) is 18.9 Å². The van der Waals surface area contributed by atoms with E-state index in [1.54, 1.807) is 0 Å². The number of hydrogen-bond donors (Lipinski definition) is 1. The van der Waals surface area contributed by atoms with Crippen LogP contribution in [0.2, 0.25) is 0 Å². The molecule has 1 heteroatoms. The summed E-state index contributed by atoms with van der Waals surface area (Å²) in [6.07, 6.45) is 5.14. The lowest BCUT2D eigenvalue weighted by Gasteiger charge is -2.04. The Morgan fingerprint density at radius 3 is 2.62 bits per heavy atom. The Labute approximate surface area is 79.7 Å². The van der Waals surface area contributed by atoms with E-state index in [-0.39, 0.29) is 6.10 Å². The van der Waals surface area contributed by atoms with Gasteiger partial charge in [0, 0.05) is 0 Å². The Kier molecular flexibility index (Phi) is 4.27. The molecule has 13 heavy (non-hydrogen) atoms. The standard InChI is InChI=1S/C12H16O/c1-2-6-12(13)10-9-11-7-4-3-5-8-11/h2-8,12-13H,9-10H2,1H3. The molecule has 0 spiro atoms. The highest BCUT2D eigenvalue weighted by molar-refractivity contribution is 5.14. The van der Waals surface area contributed by atoms with Crippen molar-refractivity contribution >= 4 is 0 Å². The molecule has 0 radical (unpaired) electrons. The Morgan fingerprint density at radius 1 is 1.31 bits per heavy atom. The molecule has 1 aromatic rings. The summed E-state index contributed by atoms with van der Waals surface area (Å²) in [6, 6.07) is 10.2. The lowest BCUT2D eigenvalue weighted by atomic mass is 10.1. The van der Waals surface area contributed by atoms with Crippen LogP contribution in [0, 0.1) is 0 Å². The summed E-state index contributed by atoms with van der Waals surface area (Å²) in [5.41, 5.74) is 1.28. The molecule has 0 aliphatic rings. The molecule has 0 heterocycles. The first-order chi connectivity index (χ1) is 6.33. The summed E-state index contributed by atoms with van der Waals surface area (Å²) in [5.74, 6) is 0. The predicted molar refractivity (Wildman–Crippen MR) is 55.6 cm³/mol. The first-order valence-corrected chi connectivity index (χ1v) is 4.67. The molecule has 0 aromatic heterocycles. The maximum Gasteiger partial charge on any atom is 0.0724 e. The van der Waals surface area contributed by atoms with E-state index in [1.807, 2.05) is 37.3 Å². The fraction of sp³-hybridized carbons (Fsp3) is 0.333. The third-order valence-corrected chi connectivity index (χ3v) is 1.99. The normalized spacial score (nSPS) is 13.4. The molecule has 1 atom stereocenters. The zero-order valence-corrected chi connectivity index (χ0v) is 7.98. The average Bonchev–Trinajstić information content (AvgIpc) is 2.17. The third-order valence-electron chi connectivity index (χ3n) is 1.99. The summed E-state index contributed by atoms with van der Waals surface area (Å²) < 4.78 is 0. The Hall–Kier alpha value is -1.08. The van der Waals surface area contributed by atoms with E-state index < -0.39 is 0 Å². The number of aliphatic hydroxyl groups excluding tert-OH is 1. The van der Waals surface area contributed by atoms with Gasteiger partial charge in [-0.05, 0) is 25.3 Å². The second-order valence-electron chi connectivity index (χ2n) is 3.12. The van der Waals surface area contributed by atoms with Crippen molar-refractivity contribution in [3.05, 3.63) is 48.0 Å². The van der Waals surface area contributed by atoms with Gasteiger partial charge in [0.2, 0.25) is 0 Å². The predicted octanol–water partition coefficient (Wildman–Crippen LogP) is 2.56. The van der Waals surface area contributed by atoms with Gasteiger partial charge >= 0.3 is 0 Å². The van der Waals surface area contributed by atoms with Crippen LogP contribution in [0.4, 0.5) is 0 Å². The Balaban J connectivity index is 2.35. The molecule has 0 saturated heterocycles. The van der Waals surface area contributed by atoms with Crippen molar-refractivity contribution < 1.29 is 5.11 Å². The highest BCUT2D eigenvalue weighted by Gasteiger charge is 1.98. The van der Waals surface area contributed by atoms with Gasteiger partial charge in [-0.3, -0.25) is 0 Å². The smallest absolute Gasteiger partial charge is 0.0724 e. The molecule has 0 amide bonds. The van der Waals surface area contributed by atoms with Crippen LogP contribution >= 0.6 is 0 Å². The van der Waals surface area contributed by atoms with Gasteiger partial charge in [-0.1, -0.05) is 42.5 Å². The van der Waals surface area contributed by atoms with Crippen molar-refractivity contribution in [2.24, 2.45) is 0 Å². The molecule has 70 valence electrons. The summed E-state index contributed by atoms with van der Waals surface area (Å²) in [6.45, 7) is 1.92. The van der Waals surface area contributed by atoms with Gasteiger partial charge < -0.3 is 5.11 Å². The second-order valence-corrected chi connectivity index (χ2v) is 3.12. The van der Waals surface area contributed by atoms with Crippen LogP contribution in [-0.4, -0.2) is 11.2 Å². The topological polar surface area (TPSA) is 20.2 Å². The van der Waals surface area contributed by atoms with Crippen LogP contribution in [0.15, 0.2) is 42.5 Å². The van der Waals surface area contributed by atoms with E-state index in [1.165, 1.54) is 5.56 Å². The van der Waals surface area contributed by atoms with E-state index in [0.717, 1.165) is 12.8 Å². The molecule has 0 aliphatic heterocycles. The first kappa shape index (κ1) is 10.0. The van der Waals surface area contributed by atoms with Crippen LogP contribution in [0.3, 0.4) is 0 Å². The zero-order chi connectivity index (χ0) is 9.52. The average molecular weight is 176 g/mol. The van der Waals surface area contributed by atoms with Crippen molar-refractivity contribution in [3.8, 4) is 0 Å². The molecular weight excluding hydrogens is 160 g/mol. The molecule has 0 fully saturated rings. The molecule has 0 saturated carbocycles. The molecule has 1 rings (SSSR count). The van der Waals surface area contributed by atoms with E-state index in [0.29, 0.717) is 0 Å². The van der Waals surface area contributed by atoms with E-state index in [4.69, 9.17) is 0 Å². The van der Waals surface area contributed by atoms with Gasteiger partial charge in [-0.2, -0.15) is 0 Å². The van der Waals surface area contributed by atoms with Gasteiger partial charge in [0.05, 0.1) is 6.10 Å². The van der Waals surface area contributed by atoms with Crippen molar-refractivity contribution in [2.45, 2.75) is 25.9 Å². The van der Waals surface area contributed by atoms with Crippen LogP contribution in [0.5, 0.6) is 0 Å². The number of aliphatic hydroxyl groups is 1. The lowest BCUT2D eigenvalue weighted by Crippen LogP contribution is -2.03. The highest BCUT2D eigenvalue weighted by atomic mass is 16.3. The van der Waals surface area contributed by atoms with Crippen molar-refractivity contribution in [1.82, 2.24) is 0 Å². The minimum Gasteiger partial charge on any atom is -0.389 e. The van der Waals surface area contributed by atoms with Crippen molar-refractivity contribution in [3.63, 3.8) is 0 Å². The zero-order valence-electron chi connectivity index (χ0n) is 7.98. The number of allylic oxidation sites excluding steroid dienone is 1. The van der Waals surface area contributed by atoms with Gasteiger partial charge in [0.1, 0.15) is 0 Å². The highest BCUT2D eigenvalue weighted by Crippen LogP contribution is 2.05. The minimum atomic E-state index is -0.301. The lowest BCUT2D eigenvalue weighted by molar-refractivity contribution is 0.213. The fourth-order valence-electron chi connectivity index (χ4n) is 1.28. The second kappa shape index (κ2) is 5.55. The number of hydrogen-bond acceptors (Lipinski definition) is 1. The van der Waals surface area contributed by atoms with Crippen LogP contribution < -0.4 is 0 Å². The van der Waals surface area contributed by atoms with Gasteiger partial charge in [-0.15, -0.1) is 0 Å². The van der Waals surface area contributed by atoms with Crippen LogP contribution in [0.25, 0.3) is 0 Å². The largest absolute Gasteiger partial charge is 0.389 e. The summed E-state index contributed by atoms with van der Waals surface area (Å²) in [7, 11) is 0. The molecular formula is C12H16O. The maximum atomic E-state index is 9.42. The number of benzene rings is 1. The van der Waals surface area contributed by atoms with Crippen molar-refractivity contribution in [2.75, 3.05) is 0 Å². The quantitative estimate of drug-likeness (QED) is 0.699. The van der Waals surface area contributed by atoms with Gasteiger partial charge in [-0.25, -0.2) is 0 Å². The van der Waals surface area contributed by atoms with E-state index >= 15 is 0 Å². The molecule has 1 N–H and O–H groups in total. The van der Waals surface area contributed by atoms with Gasteiger partial charge in [0.15, 0.2) is 0 Å². The molecule has 1 unspecified atom stereocenters. The SMILES string of the molecule is CC=CC(O)CCc1ccccc1. The molecule has 0 bridgehead atoms. The first-order valence-electron chi connectivity index (χ1n) is 4.67. The number of rotatable bonds is 4. The summed E-state index contributed by atoms with van der Waals surface area (Å²) in [4.78, 5) is 0. The fourth-order valence-corrected chi connectivity index (χ4v) is 1.28. The molecule has 0 aliphatic carbocycles. The number of aryl methyl sites for hydroxylation is 1. The summed E-state index contributed by atoms with van der Waals surface area (Å²) in [5, 5.41) is 9.42. The van der Waals surface area contributed by atoms with E-state index in [2.05, 4.69) is 12.1 Å². The van der Waals surface area contributed by atoms with E-state index in [9.17, 15) is 5.11 Å². The monoisotopic (exact) mass is 176 g/mol. The molecule has 1 nitrogen and oxygen atoms in total. The Bertz CT molecular complexity index is 251. The summed E-state index contributed by atoms with van der Waals surface area (Å²) >= 11 is 0. The third kappa shape index (κ3) is 3.90. The molecule has 1 aromatic carbocycles. The Morgan fingerprint density at radius 2 is 2.00 bits per heavy atom. The maximum absolute atomic E-state index is 9.42.